The van der Waals surface area contributed by atoms with E-state index in [9.17, 15) is 4.79 Å². The van der Waals surface area contributed by atoms with Gasteiger partial charge in [0.25, 0.3) is 5.56 Å². The molecule has 0 amide bonds. The minimum atomic E-state index is -0.301. The van der Waals surface area contributed by atoms with Crippen LogP contribution < -0.4 is 10.3 Å². The summed E-state index contributed by atoms with van der Waals surface area (Å²) in [7, 11) is 1.59. The van der Waals surface area contributed by atoms with Gasteiger partial charge in [0.15, 0.2) is 5.69 Å². The van der Waals surface area contributed by atoms with Crippen molar-refractivity contribution in [2.45, 2.75) is 0 Å². The lowest BCUT2D eigenvalue weighted by atomic mass is 10.3. The summed E-state index contributed by atoms with van der Waals surface area (Å²) in [5.74, 6) is 0.688. The van der Waals surface area contributed by atoms with E-state index in [1.165, 1.54) is 11.3 Å². The van der Waals surface area contributed by atoms with Crippen molar-refractivity contribution in [1.82, 2.24) is 10.2 Å². The van der Waals surface area contributed by atoms with Gasteiger partial charge in [0.2, 0.25) is 0 Å². The molecule has 0 unspecified atom stereocenters. The number of nitrogens with zero attached hydrogens (tertiary/aromatic N) is 2. The Labute approximate surface area is 124 Å². The van der Waals surface area contributed by atoms with Crippen LogP contribution in [0.5, 0.6) is 5.75 Å². The Kier molecular flexibility index (Phi) is 3.65. The van der Waals surface area contributed by atoms with Gasteiger partial charge in [-0.15, -0.1) is 16.5 Å². The number of thiophene rings is 1. The summed E-state index contributed by atoms with van der Waals surface area (Å²) in [5, 5.41) is 15.5. The highest BCUT2D eigenvalue weighted by Crippen LogP contribution is 2.30. The van der Waals surface area contributed by atoms with E-state index in [2.05, 4.69) is 20.4 Å². The molecule has 0 aliphatic heterocycles. The third kappa shape index (κ3) is 2.77. The Bertz CT molecular complexity index is 818. The van der Waals surface area contributed by atoms with E-state index < -0.39 is 0 Å². The number of aromatic amines is 2. The number of rotatable bonds is 4. The maximum absolute atomic E-state index is 11.8. The van der Waals surface area contributed by atoms with Crippen LogP contribution in [0.25, 0.3) is 10.6 Å². The molecule has 1 aromatic carbocycles. The summed E-state index contributed by atoms with van der Waals surface area (Å²) in [6, 6.07) is 11.0. The van der Waals surface area contributed by atoms with Crippen LogP contribution >= 0.6 is 11.3 Å². The number of hydrogen-bond donors (Lipinski definition) is 2. The fourth-order valence-electron chi connectivity index (χ4n) is 1.83. The van der Waals surface area contributed by atoms with Crippen molar-refractivity contribution < 1.29 is 4.74 Å². The van der Waals surface area contributed by atoms with E-state index in [4.69, 9.17) is 4.74 Å². The lowest BCUT2D eigenvalue weighted by Crippen LogP contribution is -1.96. The van der Waals surface area contributed by atoms with Crippen molar-refractivity contribution in [1.29, 1.82) is 0 Å². The number of azo groups is 1. The zero-order valence-electron chi connectivity index (χ0n) is 11.2. The van der Waals surface area contributed by atoms with Crippen LogP contribution in [-0.2, 0) is 0 Å². The van der Waals surface area contributed by atoms with E-state index in [0.29, 0.717) is 17.1 Å². The maximum Gasteiger partial charge on any atom is 0.292 e. The van der Waals surface area contributed by atoms with Crippen LogP contribution in [0.4, 0.5) is 11.4 Å². The lowest BCUT2D eigenvalue weighted by molar-refractivity contribution is 0.415. The summed E-state index contributed by atoms with van der Waals surface area (Å²) in [6.07, 6.45) is 0. The molecule has 0 aliphatic carbocycles. The highest BCUT2D eigenvalue weighted by molar-refractivity contribution is 7.13. The van der Waals surface area contributed by atoms with Gasteiger partial charge in [-0.05, 0) is 23.6 Å². The average Bonchev–Trinajstić information content (AvgIpc) is 3.15. The van der Waals surface area contributed by atoms with Crippen LogP contribution in [0, 0.1) is 0 Å². The quantitative estimate of drug-likeness (QED) is 0.717. The van der Waals surface area contributed by atoms with Crippen LogP contribution in [0.15, 0.2) is 56.8 Å². The van der Waals surface area contributed by atoms with Crippen molar-refractivity contribution in [3.8, 4) is 16.3 Å². The number of ether oxygens (including phenoxy) is 1. The second-order valence-electron chi connectivity index (χ2n) is 4.18. The number of nitrogens with one attached hydrogen (secondary N) is 2. The van der Waals surface area contributed by atoms with Gasteiger partial charge in [-0.25, -0.2) is 0 Å². The Morgan fingerprint density at radius 2 is 2.05 bits per heavy atom. The molecule has 0 spiro atoms. The number of benzene rings is 1. The number of hydrogen-bond acceptors (Lipinski definition) is 5. The van der Waals surface area contributed by atoms with Crippen LogP contribution in [0.1, 0.15) is 0 Å². The Morgan fingerprint density at radius 1 is 1.14 bits per heavy atom. The lowest BCUT2D eigenvalue weighted by Gasteiger charge is -1.98. The standard InChI is InChI=1S/C14H12N4O2S/c1-20-10-5-2-4-9(8-10)15-17-13-12(16-18-14(13)19)11-6-3-7-21-11/h2-8H,1H3,(H2,16,18,19). The molecule has 2 aromatic heterocycles. The van der Waals surface area contributed by atoms with Crippen LogP contribution in [0.2, 0.25) is 0 Å². The zero-order valence-corrected chi connectivity index (χ0v) is 12.0. The van der Waals surface area contributed by atoms with Crippen molar-refractivity contribution in [2.24, 2.45) is 10.2 Å². The third-order valence-electron chi connectivity index (χ3n) is 2.84. The number of methoxy groups -OCH3 is 1. The molecule has 0 bridgehead atoms. The molecule has 0 fully saturated rings. The van der Waals surface area contributed by atoms with Crippen molar-refractivity contribution in [2.75, 3.05) is 7.11 Å². The highest BCUT2D eigenvalue weighted by Gasteiger charge is 2.12. The minimum Gasteiger partial charge on any atom is -0.497 e. The molecule has 3 aromatic rings. The van der Waals surface area contributed by atoms with Gasteiger partial charge in [-0.3, -0.25) is 15.0 Å². The molecule has 2 heterocycles. The Morgan fingerprint density at radius 3 is 2.81 bits per heavy atom. The van der Waals surface area contributed by atoms with E-state index in [0.717, 1.165) is 4.88 Å². The van der Waals surface area contributed by atoms with Gasteiger partial charge in [0.1, 0.15) is 11.4 Å². The molecule has 2 N–H and O–H groups in total. The first-order valence-electron chi connectivity index (χ1n) is 6.18. The Hall–Kier alpha value is -2.67. The molecule has 106 valence electrons. The molecule has 6 nitrogen and oxygen atoms in total. The largest absolute Gasteiger partial charge is 0.497 e. The maximum atomic E-state index is 11.8. The number of H-pyrrole nitrogens is 2. The average molecular weight is 300 g/mol. The fourth-order valence-corrected chi connectivity index (χ4v) is 2.55. The van der Waals surface area contributed by atoms with E-state index >= 15 is 0 Å². The van der Waals surface area contributed by atoms with E-state index in [1.807, 2.05) is 29.6 Å². The molecule has 0 saturated heterocycles. The second kappa shape index (κ2) is 5.76. The normalized spacial score (nSPS) is 11.1. The molecular formula is C14H12N4O2S. The first kappa shape index (κ1) is 13.3. The van der Waals surface area contributed by atoms with Crippen molar-refractivity contribution in [3.63, 3.8) is 0 Å². The van der Waals surface area contributed by atoms with E-state index in [-0.39, 0.29) is 11.2 Å². The summed E-state index contributed by atoms with van der Waals surface area (Å²) in [5.41, 5.74) is 1.22. The molecule has 0 atom stereocenters. The second-order valence-corrected chi connectivity index (χ2v) is 5.13. The molecule has 3 rings (SSSR count). The van der Waals surface area contributed by atoms with Gasteiger partial charge >= 0.3 is 0 Å². The van der Waals surface area contributed by atoms with Gasteiger partial charge < -0.3 is 4.74 Å². The SMILES string of the molecule is COc1cccc(N=Nc2c(-c3cccs3)[nH][nH]c2=O)c1. The molecule has 7 heteroatoms. The van der Waals surface area contributed by atoms with Gasteiger partial charge in [-0.1, -0.05) is 12.1 Å². The highest BCUT2D eigenvalue weighted by atomic mass is 32.1. The predicted octanol–water partition coefficient (Wildman–Crippen LogP) is 3.86. The van der Waals surface area contributed by atoms with Gasteiger partial charge in [-0.2, -0.15) is 5.11 Å². The molecule has 21 heavy (non-hydrogen) atoms. The summed E-state index contributed by atoms with van der Waals surface area (Å²) in [4.78, 5) is 12.7. The molecule has 0 saturated carbocycles. The third-order valence-corrected chi connectivity index (χ3v) is 3.73. The molecule has 0 radical (unpaired) electrons. The van der Waals surface area contributed by atoms with Crippen LogP contribution in [-0.4, -0.2) is 17.3 Å². The summed E-state index contributed by atoms with van der Waals surface area (Å²) in [6.45, 7) is 0. The first-order valence-corrected chi connectivity index (χ1v) is 7.06. The zero-order chi connectivity index (χ0) is 14.7. The smallest absolute Gasteiger partial charge is 0.292 e. The molecule has 0 aliphatic rings. The topological polar surface area (TPSA) is 82.6 Å². The van der Waals surface area contributed by atoms with Crippen molar-refractivity contribution in [3.05, 3.63) is 52.1 Å². The van der Waals surface area contributed by atoms with E-state index in [1.54, 1.807) is 19.2 Å². The van der Waals surface area contributed by atoms with Gasteiger partial charge in [0, 0.05) is 6.07 Å². The van der Waals surface area contributed by atoms with Crippen molar-refractivity contribution >= 4 is 22.7 Å². The number of aromatic nitrogens is 2. The Balaban J connectivity index is 1.96. The predicted molar refractivity (Wildman–Crippen MR) is 81.9 cm³/mol. The minimum absolute atomic E-state index is 0.264. The fraction of sp³-hybridized carbons (Fsp3) is 0.0714. The summed E-state index contributed by atoms with van der Waals surface area (Å²) >= 11 is 1.52. The monoisotopic (exact) mass is 300 g/mol. The van der Waals surface area contributed by atoms with Gasteiger partial charge in [0.05, 0.1) is 17.7 Å². The van der Waals surface area contributed by atoms with Crippen LogP contribution in [0.3, 0.4) is 0 Å². The molecular weight excluding hydrogens is 288 g/mol. The summed E-state index contributed by atoms with van der Waals surface area (Å²) < 4.78 is 5.12. The first-order chi connectivity index (χ1) is 10.3.